The minimum atomic E-state index is -1.29. The van der Waals surface area contributed by atoms with Gasteiger partial charge in [0.1, 0.15) is 30.2 Å². The molecule has 7 amide bonds. The minimum Gasteiger partial charge on any atom is -0.374 e. The monoisotopic (exact) mass is 804 g/mol. The maximum atomic E-state index is 13.7. The predicted octanol–water partition coefficient (Wildman–Crippen LogP) is 0.349. The van der Waals surface area contributed by atoms with Crippen molar-refractivity contribution in [2.45, 2.75) is 82.7 Å². The largest absolute Gasteiger partial charge is 0.374 e. The predicted molar refractivity (Wildman–Crippen MR) is 207 cm³/mol. The molecule has 0 aliphatic heterocycles. The maximum Gasteiger partial charge on any atom is 0.302 e. The molecule has 300 valence electrons. The molecule has 0 bridgehead atoms. The number of carbonyl (C=O) groups excluding carboxylic acids is 7. The lowest BCUT2D eigenvalue weighted by atomic mass is 9.98. The van der Waals surface area contributed by atoms with E-state index in [0.29, 0.717) is 5.69 Å². The lowest BCUT2D eigenvalue weighted by Gasteiger charge is -2.29. The van der Waals surface area contributed by atoms with E-state index in [1.54, 1.807) is 58.9 Å². The van der Waals surface area contributed by atoms with Crippen molar-refractivity contribution in [2.75, 3.05) is 17.6 Å². The molecule has 0 fully saturated rings. The zero-order chi connectivity index (χ0) is 41.2. The Balaban J connectivity index is 2.21. The van der Waals surface area contributed by atoms with E-state index in [0.717, 1.165) is 21.6 Å². The molecule has 2 rings (SSSR count). The molecule has 0 radical (unpaired) electrons. The van der Waals surface area contributed by atoms with E-state index in [1.807, 2.05) is 6.07 Å². The van der Waals surface area contributed by atoms with E-state index >= 15 is 0 Å². The lowest BCUT2D eigenvalue weighted by molar-refractivity contribution is -0.388. The Labute approximate surface area is 326 Å². The number of hydrogen-bond donors (Lipinski definition) is 8. The first-order valence-electron chi connectivity index (χ1n) is 17.2. The summed E-state index contributed by atoms with van der Waals surface area (Å²) in [5, 5.41) is 27.2. The van der Waals surface area contributed by atoms with Crippen LogP contribution < -0.4 is 43.4 Å². The Hall–Kier alpha value is -5.44. The van der Waals surface area contributed by atoms with Gasteiger partial charge in [-0.3, -0.25) is 43.7 Å². The van der Waals surface area contributed by atoms with Gasteiger partial charge in [-0.15, -0.1) is 0 Å². The number of nitrogens with one attached hydrogen (secondary N) is 6. The van der Waals surface area contributed by atoms with Gasteiger partial charge in [-0.2, -0.15) is 0 Å². The third kappa shape index (κ3) is 15.8. The molecular formula is C34H48N10O9S2. The molecule has 2 aromatic rings. The van der Waals surface area contributed by atoms with Gasteiger partial charge in [0.15, 0.2) is 5.03 Å². The molecule has 0 aliphatic rings. The second kappa shape index (κ2) is 22.7. The van der Waals surface area contributed by atoms with Crippen molar-refractivity contribution in [1.29, 1.82) is 0 Å². The number of nitro groups is 1. The molecule has 10 N–H and O–H groups in total. The van der Waals surface area contributed by atoms with Crippen LogP contribution in [0.4, 0.5) is 11.4 Å². The van der Waals surface area contributed by atoms with E-state index < -0.39 is 94.9 Å². The zero-order valence-electron chi connectivity index (χ0n) is 31.0. The number of hydrogen-bond acceptors (Lipinski definition) is 13. The summed E-state index contributed by atoms with van der Waals surface area (Å²) in [6.07, 6.45) is 0.967. The molecule has 5 atom stereocenters. The van der Waals surface area contributed by atoms with Gasteiger partial charge in [0.25, 0.3) is 0 Å². The maximum absolute atomic E-state index is 13.7. The van der Waals surface area contributed by atoms with Gasteiger partial charge in [0.05, 0.1) is 11.5 Å². The number of amides is 7. The number of para-hydroxylation sites is 1. The number of nitrogens with two attached hydrogens (primary N) is 2. The quantitative estimate of drug-likeness (QED) is 0.0428. The first-order valence-corrected chi connectivity index (χ1v) is 19.5. The molecule has 0 saturated carbocycles. The summed E-state index contributed by atoms with van der Waals surface area (Å²) < 4.78 is 0. The van der Waals surface area contributed by atoms with Crippen LogP contribution >= 0.6 is 21.6 Å². The van der Waals surface area contributed by atoms with Gasteiger partial charge in [0, 0.05) is 30.1 Å². The number of rotatable bonds is 23. The second-order valence-electron chi connectivity index (χ2n) is 13.0. The lowest BCUT2D eigenvalue weighted by Crippen LogP contribution is -2.61. The van der Waals surface area contributed by atoms with Crippen molar-refractivity contribution in [3.63, 3.8) is 0 Å². The summed E-state index contributed by atoms with van der Waals surface area (Å²) in [5.74, 6) is -6.39. The fraction of sp³-hybridized carbons (Fsp3) is 0.471. The van der Waals surface area contributed by atoms with Crippen LogP contribution in [0.25, 0.3) is 0 Å². The normalized spacial score (nSPS) is 13.7. The van der Waals surface area contributed by atoms with Gasteiger partial charge in [0.2, 0.25) is 41.4 Å². The Morgan fingerprint density at radius 2 is 1.33 bits per heavy atom. The van der Waals surface area contributed by atoms with Crippen LogP contribution in [0.15, 0.2) is 53.7 Å². The number of carbonyl (C=O) groups is 7. The third-order valence-electron chi connectivity index (χ3n) is 7.75. The fourth-order valence-electron chi connectivity index (χ4n) is 4.75. The van der Waals surface area contributed by atoms with E-state index in [1.165, 1.54) is 18.3 Å². The summed E-state index contributed by atoms with van der Waals surface area (Å²) in [4.78, 5) is 105. The van der Waals surface area contributed by atoms with Crippen molar-refractivity contribution in [3.05, 3.63) is 58.8 Å². The van der Waals surface area contributed by atoms with Crippen LogP contribution in [-0.2, 0) is 33.6 Å². The number of benzene rings is 1. The van der Waals surface area contributed by atoms with Crippen molar-refractivity contribution >= 4 is 74.3 Å². The van der Waals surface area contributed by atoms with Gasteiger partial charge in [-0.25, -0.2) is 4.98 Å². The topological polar surface area (TPSA) is 300 Å². The number of primary amides is 2. The van der Waals surface area contributed by atoms with E-state index in [4.69, 9.17) is 11.5 Å². The highest BCUT2D eigenvalue weighted by atomic mass is 33.1. The average Bonchev–Trinajstić information content (AvgIpc) is 3.12. The van der Waals surface area contributed by atoms with Crippen LogP contribution in [0.1, 0.15) is 47.5 Å². The standard InChI is InChI=1S/C34H48N10O9S2/c1-18(2)27(32(50)41-23(30(48)38-16-26(36)46)17-54-55-34-24(44(52)53)12-9-15-37-34)43-33(51)28(19(3)4)42-31(49)22(13-14-25(35)45)40-29(47)20(5)39-21-10-7-6-8-11-21/h6-12,15,18-20,22-23,27-28,39H,13-14,16-17H2,1-5H3,(H2,35,45)(H2,36,46)(H,38,48)(H,40,47)(H,41,50)(H,42,49)(H,43,51). The Kier molecular flexibility index (Phi) is 18.9. The number of anilines is 1. The molecule has 0 aliphatic carbocycles. The van der Waals surface area contributed by atoms with Crippen LogP contribution in [0.3, 0.4) is 0 Å². The van der Waals surface area contributed by atoms with Gasteiger partial charge in [-0.1, -0.05) is 56.7 Å². The molecule has 21 heteroatoms. The van der Waals surface area contributed by atoms with Crippen LogP contribution in [0, 0.1) is 22.0 Å². The molecule has 5 unspecified atom stereocenters. The van der Waals surface area contributed by atoms with Gasteiger partial charge < -0.3 is 43.4 Å². The molecule has 1 aromatic heterocycles. The van der Waals surface area contributed by atoms with Crippen LogP contribution in [0.2, 0.25) is 0 Å². The van der Waals surface area contributed by atoms with Crippen molar-refractivity contribution in [2.24, 2.45) is 23.3 Å². The Bertz CT molecular complexity index is 1680. The van der Waals surface area contributed by atoms with Crippen molar-refractivity contribution in [3.8, 4) is 0 Å². The first-order chi connectivity index (χ1) is 25.9. The smallest absolute Gasteiger partial charge is 0.302 e. The summed E-state index contributed by atoms with van der Waals surface area (Å²) >= 11 is 0. The summed E-state index contributed by atoms with van der Waals surface area (Å²) in [6, 6.07) is 5.77. The number of pyridine rings is 1. The Morgan fingerprint density at radius 1 is 0.745 bits per heavy atom. The third-order valence-corrected chi connectivity index (χ3v) is 10.0. The number of aromatic nitrogens is 1. The first kappa shape index (κ1) is 45.7. The minimum absolute atomic E-state index is 0.0593. The molecule has 0 saturated heterocycles. The summed E-state index contributed by atoms with van der Waals surface area (Å²) in [6.45, 7) is 7.64. The van der Waals surface area contributed by atoms with Crippen LogP contribution in [0.5, 0.6) is 0 Å². The van der Waals surface area contributed by atoms with Gasteiger partial charge >= 0.3 is 5.69 Å². The van der Waals surface area contributed by atoms with Crippen molar-refractivity contribution in [1.82, 2.24) is 31.6 Å². The molecule has 1 heterocycles. The highest BCUT2D eigenvalue weighted by Crippen LogP contribution is 2.35. The van der Waals surface area contributed by atoms with E-state index in [2.05, 4.69) is 36.9 Å². The summed E-state index contributed by atoms with van der Waals surface area (Å²) in [5.41, 5.74) is 10.9. The highest BCUT2D eigenvalue weighted by molar-refractivity contribution is 8.76. The Morgan fingerprint density at radius 3 is 1.89 bits per heavy atom. The van der Waals surface area contributed by atoms with E-state index in [-0.39, 0.29) is 29.3 Å². The number of nitrogens with zero attached hydrogens (tertiary/aromatic N) is 2. The van der Waals surface area contributed by atoms with E-state index in [9.17, 15) is 43.7 Å². The molecule has 1 aromatic carbocycles. The molecule has 19 nitrogen and oxygen atoms in total. The highest BCUT2D eigenvalue weighted by Gasteiger charge is 2.34. The average molecular weight is 805 g/mol. The second-order valence-corrected chi connectivity index (χ2v) is 15.3. The molecule has 55 heavy (non-hydrogen) atoms. The molecular weight excluding hydrogens is 757 g/mol. The molecule has 0 spiro atoms. The SMILES string of the molecule is CC(Nc1ccccc1)C(=O)NC(CCC(N)=O)C(=O)NC(C(=O)NC(C(=O)NC(CSSc1ncccc1[N+](=O)[O-])C(=O)NCC(N)=O)C(C)C)C(C)C. The van der Waals surface area contributed by atoms with Crippen molar-refractivity contribution < 1.29 is 38.5 Å². The zero-order valence-corrected chi connectivity index (χ0v) is 32.7. The summed E-state index contributed by atoms with van der Waals surface area (Å²) in [7, 11) is 1.87. The van der Waals surface area contributed by atoms with Crippen LogP contribution in [-0.4, -0.2) is 93.8 Å². The fourth-order valence-corrected chi connectivity index (χ4v) is 6.97. The van der Waals surface area contributed by atoms with Gasteiger partial charge in [-0.05, 0) is 54.2 Å².